The number of carbonyl (C=O) groups is 1. The van der Waals surface area contributed by atoms with Crippen LogP contribution in [-0.2, 0) is 0 Å². The lowest BCUT2D eigenvalue weighted by atomic mass is 9.99. The van der Waals surface area contributed by atoms with Crippen LogP contribution in [0, 0.1) is 5.92 Å². The summed E-state index contributed by atoms with van der Waals surface area (Å²) in [5.74, 6) is 1.05. The second-order valence-electron chi connectivity index (χ2n) is 4.66. The highest BCUT2D eigenvalue weighted by Crippen LogP contribution is 2.26. The van der Waals surface area contributed by atoms with Crippen LogP contribution in [0.3, 0.4) is 0 Å². The van der Waals surface area contributed by atoms with Gasteiger partial charge in [-0.1, -0.05) is 6.92 Å². The SMILES string of the molecule is CNCC(C)C(=O)c1ccc(OC2CC2)cc1. The third-order valence-electron chi connectivity index (χ3n) is 2.92. The van der Waals surface area contributed by atoms with Gasteiger partial charge in [0.15, 0.2) is 5.78 Å². The van der Waals surface area contributed by atoms with E-state index in [1.165, 1.54) is 0 Å². The first kappa shape index (κ1) is 12.1. The van der Waals surface area contributed by atoms with Gasteiger partial charge in [-0.2, -0.15) is 0 Å². The molecule has 17 heavy (non-hydrogen) atoms. The quantitative estimate of drug-likeness (QED) is 0.766. The van der Waals surface area contributed by atoms with Gasteiger partial charge >= 0.3 is 0 Å². The lowest BCUT2D eigenvalue weighted by Crippen LogP contribution is -2.23. The summed E-state index contributed by atoms with van der Waals surface area (Å²) in [6.45, 7) is 2.65. The molecule has 1 aromatic carbocycles. The van der Waals surface area contributed by atoms with Crippen molar-refractivity contribution in [3.05, 3.63) is 29.8 Å². The van der Waals surface area contributed by atoms with Crippen molar-refractivity contribution < 1.29 is 9.53 Å². The van der Waals surface area contributed by atoms with Crippen LogP contribution in [-0.4, -0.2) is 25.5 Å². The summed E-state index contributed by atoms with van der Waals surface area (Å²) < 4.78 is 5.64. The Morgan fingerprint density at radius 1 is 1.41 bits per heavy atom. The zero-order chi connectivity index (χ0) is 12.3. The third kappa shape index (κ3) is 3.30. The van der Waals surface area contributed by atoms with E-state index in [4.69, 9.17) is 4.74 Å². The minimum Gasteiger partial charge on any atom is -0.490 e. The van der Waals surface area contributed by atoms with Crippen molar-refractivity contribution in [2.45, 2.75) is 25.9 Å². The van der Waals surface area contributed by atoms with Crippen molar-refractivity contribution in [2.24, 2.45) is 5.92 Å². The summed E-state index contributed by atoms with van der Waals surface area (Å²) in [4.78, 5) is 12.0. The molecule has 1 aromatic rings. The highest BCUT2D eigenvalue weighted by atomic mass is 16.5. The highest BCUT2D eigenvalue weighted by molar-refractivity contribution is 5.97. The van der Waals surface area contributed by atoms with Crippen molar-refractivity contribution in [1.29, 1.82) is 0 Å². The molecule has 1 aliphatic carbocycles. The molecule has 0 radical (unpaired) electrons. The second-order valence-corrected chi connectivity index (χ2v) is 4.66. The fraction of sp³-hybridized carbons (Fsp3) is 0.500. The number of ketones is 1. The Kier molecular flexibility index (Phi) is 3.79. The maximum Gasteiger partial charge on any atom is 0.166 e. The minimum atomic E-state index is 0.00944. The Hall–Kier alpha value is -1.35. The number of hydrogen-bond donors (Lipinski definition) is 1. The molecule has 0 saturated heterocycles. The number of carbonyl (C=O) groups excluding carboxylic acids is 1. The number of nitrogens with one attached hydrogen (secondary N) is 1. The molecule has 0 amide bonds. The second kappa shape index (κ2) is 5.32. The molecule has 1 atom stereocenters. The number of rotatable bonds is 6. The van der Waals surface area contributed by atoms with E-state index < -0.39 is 0 Å². The molecule has 1 saturated carbocycles. The van der Waals surface area contributed by atoms with Gasteiger partial charge in [-0.3, -0.25) is 4.79 Å². The van der Waals surface area contributed by atoms with Crippen LogP contribution in [0.4, 0.5) is 0 Å². The Morgan fingerprint density at radius 3 is 2.59 bits per heavy atom. The molecular formula is C14H19NO2. The molecule has 0 spiro atoms. The van der Waals surface area contributed by atoms with Gasteiger partial charge in [0, 0.05) is 18.0 Å². The zero-order valence-corrected chi connectivity index (χ0v) is 10.4. The van der Waals surface area contributed by atoms with Crippen LogP contribution in [0.25, 0.3) is 0 Å². The van der Waals surface area contributed by atoms with E-state index in [0.29, 0.717) is 12.6 Å². The fourth-order valence-electron chi connectivity index (χ4n) is 1.76. The average molecular weight is 233 g/mol. The van der Waals surface area contributed by atoms with Crippen LogP contribution in [0.5, 0.6) is 5.75 Å². The average Bonchev–Trinajstić information content (AvgIpc) is 3.13. The van der Waals surface area contributed by atoms with Crippen LogP contribution in [0.15, 0.2) is 24.3 Å². The van der Waals surface area contributed by atoms with Crippen molar-refractivity contribution in [3.8, 4) is 5.75 Å². The van der Waals surface area contributed by atoms with Crippen molar-refractivity contribution in [2.75, 3.05) is 13.6 Å². The van der Waals surface area contributed by atoms with E-state index in [0.717, 1.165) is 24.2 Å². The van der Waals surface area contributed by atoms with Gasteiger partial charge in [0.05, 0.1) is 6.10 Å². The van der Waals surface area contributed by atoms with Crippen molar-refractivity contribution in [3.63, 3.8) is 0 Å². The number of hydrogen-bond acceptors (Lipinski definition) is 3. The van der Waals surface area contributed by atoms with Gasteiger partial charge in [0.2, 0.25) is 0 Å². The van der Waals surface area contributed by atoms with Crippen molar-refractivity contribution in [1.82, 2.24) is 5.32 Å². The summed E-state index contributed by atoms with van der Waals surface area (Å²) in [5.41, 5.74) is 0.760. The molecule has 1 aliphatic rings. The monoisotopic (exact) mass is 233 g/mol. The van der Waals surface area contributed by atoms with Gasteiger partial charge in [-0.15, -0.1) is 0 Å². The summed E-state index contributed by atoms with van der Waals surface area (Å²) in [6.07, 6.45) is 2.71. The van der Waals surface area contributed by atoms with Crippen LogP contribution >= 0.6 is 0 Å². The Morgan fingerprint density at radius 2 is 2.06 bits per heavy atom. The maximum absolute atomic E-state index is 12.0. The van der Waals surface area contributed by atoms with Crippen molar-refractivity contribution >= 4 is 5.78 Å². The van der Waals surface area contributed by atoms with Crippen LogP contribution in [0.1, 0.15) is 30.1 Å². The first-order chi connectivity index (χ1) is 8.20. The normalized spacial score (nSPS) is 16.6. The predicted octanol–water partition coefficient (Wildman–Crippen LogP) is 2.27. The highest BCUT2D eigenvalue weighted by Gasteiger charge is 2.23. The van der Waals surface area contributed by atoms with Gasteiger partial charge < -0.3 is 10.1 Å². The summed E-state index contributed by atoms with van der Waals surface area (Å²) in [7, 11) is 1.86. The molecule has 0 heterocycles. The van der Waals surface area contributed by atoms with Gasteiger partial charge in [0.1, 0.15) is 5.75 Å². The minimum absolute atomic E-state index is 0.00944. The lowest BCUT2D eigenvalue weighted by molar-refractivity contribution is 0.0930. The molecular weight excluding hydrogens is 214 g/mol. The van der Waals surface area contributed by atoms with Crippen LogP contribution in [0.2, 0.25) is 0 Å². The van der Waals surface area contributed by atoms with E-state index in [1.54, 1.807) is 0 Å². The zero-order valence-electron chi connectivity index (χ0n) is 10.4. The molecule has 0 bridgehead atoms. The van der Waals surface area contributed by atoms with Crippen LogP contribution < -0.4 is 10.1 Å². The molecule has 0 aromatic heterocycles. The third-order valence-corrected chi connectivity index (χ3v) is 2.92. The van der Waals surface area contributed by atoms with Gasteiger partial charge in [-0.25, -0.2) is 0 Å². The first-order valence-corrected chi connectivity index (χ1v) is 6.16. The van der Waals surface area contributed by atoms with E-state index in [1.807, 2.05) is 38.2 Å². The maximum atomic E-state index is 12.0. The van der Waals surface area contributed by atoms with Gasteiger partial charge in [0.25, 0.3) is 0 Å². The predicted molar refractivity (Wildman–Crippen MR) is 67.5 cm³/mol. The molecule has 0 aliphatic heterocycles. The number of benzene rings is 1. The molecule has 1 fully saturated rings. The summed E-state index contributed by atoms with van der Waals surface area (Å²) in [5, 5.41) is 3.02. The number of ether oxygens (including phenoxy) is 1. The largest absolute Gasteiger partial charge is 0.490 e. The van der Waals surface area contributed by atoms with E-state index in [9.17, 15) is 4.79 Å². The van der Waals surface area contributed by atoms with E-state index in [2.05, 4.69) is 5.32 Å². The molecule has 2 rings (SSSR count). The Labute approximate surface area is 102 Å². The Balaban J connectivity index is 1.98. The molecule has 3 nitrogen and oxygen atoms in total. The fourth-order valence-corrected chi connectivity index (χ4v) is 1.76. The van der Waals surface area contributed by atoms with E-state index >= 15 is 0 Å². The lowest BCUT2D eigenvalue weighted by Gasteiger charge is -2.10. The standard InChI is InChI=1S/C14H19NO2/c1-10(9-15-2)14(16)11-3-5-12(6-4-11)17-13-7-8-13/h3-6,10,13,15H,7-9H2,1-2H3. The Bertz CT molecular complexity index is 382. The molecule has 3 heteroatoms. The molecule has 1 N–H and O–H groups in total. The molecule has 1 unspecified atom stereocenters. The topological polar surface area (TPSA) is 38.3 Å². The first-order valence-electron chi connectivity index (χ1n) is 6.16. The summed E-state index contributed by atoms with van der Waals surface area (Å²) in [6, 6.07) is 7.48. The molecule has 92 valence electrons. The number of Topliss-reactive ketones (excluding diaryl/α,β-unsaturated/α-hetero) is 1. The smallest absolute Gasteiger partial charge is 0.166 e. The summed E-state index contributed by atoms with van der Waals surface area (Å²) >= 11 is 0. The van der Waals surface area contributed by atoms with E-state index in [-0.39, 0.29) is 11.7 Å². The van der Waals surface area contributed by atoms with Gasteiger partial charge in [-0.05, 0) is 44.2 Å².